The van der Waals surface area contributed by atoms with E-state index in [2.05, 4.69) is 16.3 Å². The van der Waals surface area contributed by atoms with Crippen molar-refractivity contribution in [2.75, 3.05) is 39.3 Å². The molecule has 0 radical (unpaired) electrons. The van der Waals surface area contributed by atoms with Crippen molar-refractivity contribution in [1.29, 1.82) is 0 Å². The fourth-order valence-corrected chi connectivity index (χ4v) is 5.05. The highest BCUT2D eigenvalue weighted by Crippen LogP contribution is 2.25. The zero-order valence-corrected chi connectivity index (χ0v) is 16.2. The normalized spacial score (nSPS) is 25.2. The third-order valence-corrected chi connectivity index (χ3v) is 6.88. The topological polar surface area (TPSA) is 53.1 Å². The molecule has 2 fully saturated rings. The Morgan fingerprint density at radius 1 is 1.19 bits per heavy atom. The van der Waals surface area contributed by atoms with E-state index in [9.17, 15) is 9.59 Å². The summed E-state index contributed by atoms with van der Waals surface area (Å²) in [6, 6.07) is 2.01. The molecule has 6 nitrogen and oxygen atoms in total. The minimum Gasteiger partial charge on any atom is -0.368 e. The average molecular weight is 378 g/mol. The maximum Gasteiger partial charge on any atom is 0.251 e. The van der Waals surface area contributed by atoms with Crippen LogP contribution in [-0.2, 0) is 27.3 Å². The Labute approximate surface area is 158 Å². The van der Waals surface area contributed by atoms with Gasteiger partial charge in [0.15, 0.2) is 0 Å². The molecule has 0 saturated carbocycles. The monoisotopic (exact) mass is 377 g/mol. The predicted octanol–water partition coefficient (Wildman–Crippen LogP) is 1.34. The Morgan fingerprint density at radius 3 is 2.73 bits per heavy atom. The van der Waals surface area contributed by atoms with Gasteiger partial charge >= 0.3 is 0 Å². The highest BCUT2D eigenvalue weighted by atomic mass is 32.1. The maximum absolute atomic E-state index is 12.9. The molecule has 0 aromatic carbocycles. The summed E-state index contributed by atoms with van der Waals surface area (Å²) in [4.78, 5) is 32.9. The molecule has 2 amide bonds. The van der Waals surface area contributed by atoms with Gasteiger partial charge in [0.1, 0.15) is 6.10 Å². The van der Waals surface area contributed by atoms with Crippen molar-refractivity contribution in [3.8, 4) is 0 Å². The van der Waals surface area contributed by atoms with Crippen LogP contribution >= 0.6 is 11.3 Å². The van der Waals surface area contributed by atoms with Gasteiger partial charge in [-0.25, -0.2) is 0 Å². The molecule has 2 atom stereocenters. The standard InChI is InChI=1S/C19H27N3O3S/c1-14(18(23)22-6-4-17-15(13-22)5-12-26-17)20-7-9-21(10-8-20)19(24)16-3-2-11-25-16/h5,12,14,16H,2-4,6-11,13H2,1H3. The fourth-order valence-electron chi connectivity index (χ4n) is 4.16. The molecule has 3 aliphatic rings. The van der Waals surface area contributed by atoms with Crippen LogP contribution in [0.15, 0.2) is 11.4 Å². The van der Waals surface area contributed by atoms with E-state index < -0.39 is 0 Å². The van der Waals surface area contributed by atoms with Crippen LogP contribution in [0, 0.1) is 0 Å². The second kappa shape index (κ2) is 7.66. The van der Waals surface area contributed by atoms with Crippen LogP contribution in [-0.4, -0.2) is 78.0 Å². The highest BCUT2D eigenvalue weighted by Gasteiger charge is 2.34. The molecule has 1 aromatic rings. The minimum atomic E-state index is -0.242. The van der Waals surface area contributed by atoms with Gasteiger partial charge in [0, 0.05) is 50.8 Å². The Kier molecular flexibility index (Phi) is 5.29. The van der Waals surface area contributed by atoms with Crippen LogP contribution in [0.2, 0.25) is 0 Å². The van der Waals surface area contributed by atoms with Crippen molar-refractivity contribution in [3.63, 3.8) is 0 Å². The van der Waals surface area contributed by atoms with Gasteiger partial charge in [-0.2, -0.15) is 0 Å². The summed E-state index contributed by atoms with van der Waals surface area (Å²) in [6.07, 6.45) is 2.54. The van der Waals surface area contributed by atoms with Crippen molar-refractivity contribution in [3.05, 3.63) is 21.9 Å². The van der Waals surface area contributed by atoms with Crippen LogP contribution in [0.25, 0.3) is 0 Å². The van der Waals surface area contributed by atoms with E-state index in [1.54, 1.807) is 11.3 Å². The van der Waals surface area contributed by atoms with Crippen LogP contribution in [0.5, 0.6) is 0 Å². The second-order valence-electron chi connectivity index (χ2n) is 7.42. The first kappa shape index (κ1) is 17.9. The number of carbonyl (C=O) groups excluding carboxylic acids is 2. The van der Waals surface area contributed by atoms with Gasteiger partial charge in [-0.3, -0.25) is 14.5 Å². The third kappa shape index (κ3) is 3.52. The van der Waals surface area contributed by atoms with Gasteiger partial charge in [0.2, 0.25) is 5.91 Å². The van der Waals surface area contributed by atoms with Gasteiger partial charge in [0.05, 0.1) is 6.04 Å². The number of piperazine rings is 1. The molecule has 4 rings (SSSR count). The number of fused-ring (bicyclic) bond motifs is 1. The average Bonchev–Trinajstić information content (AvgIpc) is 3.37. The lowest BCUT2D eigenvalue weighted by molar-refractivity contribution is -0.144. The predicted molar refractivity (Wildman–Crippen MR) is 100 cm³/mol. The first-order valence-corrected chi connectivity index (χ1v) is 10.5. The summed E-state index contributed by atoms with van der Waals surface area (Å²) in [7, 11) is 0. The van der Waals surface area contributed by atoms with Crippen molar-refractivity contribution >= 4 is 23.2 Å². The number of hydrogen-bond acceptors (Lipinski definition) is 5. The summed E-state index contributed by atoms with van der Waals surface area (Å²) < 4.78 is 5.52. The van der Waals surface area contributed by atoms with E-state index in [0.29, 0.717) is 19.7 Å². The summed E-state index contributed by atoms with van der Waals surface area (Å²) in [6.45, 7) is 7.13. The van der Waals surface area contributed by atoms with Crippen molar-refractivity contribution in [1.82, 2.24) is 14.7 Å². The molecule has 0 spiro atoms. The quantitative estimate of drug-likeness (QED) is 0.798. The molecule has 7 heteroatoms. The van der Waals surface area contributed by atoms with Crippen molar-refractivity contribution in [2.45, 2.75) is 44.9 Å². The lowest BCUT2D eigenvalue weighted by Crippen LogP contribution is -2.57. The van der Waals surface area contributed by atoms with E-state index in [0.717, 1.165) is 45.4 Å². The third-order valence-electron chi connectivity index (χ3n) is 5.86. The smallest absolute Gasteiger partial charge is 0.251 e. The van der Waals surface area contributed by atoms with Crippen molar-refractivity contribution < 1.29 is 14.3 Å². The Morgan fingerprint density at radius 2 is 2.00 bits per heavy atom. The number of ether oxygens (including phenoxy) is 1. The minimum absolute atomic E-state index is 0.127. The number of thiophene rings is 1. The molecule has 3 aliphatic heterocycles. The fraction of sp³-hybridized carbons (Fsp3) is 0.684. The van der Waals surface area contributed by atoms with E-state index in [1.165, 1.54) is 10.4 Å². The molecule has 1 aromatic heterocycles. The second-order valence-corrected chi connectivity index (χ2v) is 8.42. The summed E-state index contributed by atoms with van der Waals surface area (Å²) in [5.41, 5.74) is 1.30. The van der Waals surface area contributed by atoms with Gasteiger partial charge < -0.3 is 14.5 Å². The van der Waals surface area contributed by atoms with Crippen LogP contribution in [0.1, 0.15) is 30.2 Å². The molecule has 0 aliphatic carbocycles. The summed E-state index contributed by atoms with van der Waals surface area (Å²) in [5, 5.41) is 2.12. The van der Waals surface area contributed by atoms with Crippen LogP contribution in [0.3, 0.4) is 0 Å². The molecule has 26 heavy (non-hydrogen) atoms. The van der Waals surface area contributed by atoms with Crippen LogP contribution in [0.4, 0.5) is 0 Å². The molecular weight excluding hydrogens is 350 g/mol. The molecule has 0 bridgehead atoms. The Hall–Kier alpha value is -1.44. The van der Waals surface area contributed by atoms with Gasteiger partial charge in [-0.15, -0.1) is 11.3 Å². The molecular formula is C19H27N3O3S. The van der Waals surface area contributed by atoms with Gasteiger partial charge in [0.25, 0.3) is 5.91 Å². The van der Waals surface area contributed by atoms with Gasteiger partial charge in [-0.1, -0.05) is 0 Å². The number of hydrogen-bond donors (Lipinski definition) is 0. The lowest BCUT2D eigenvalue weighted by Gasteiger charge is -2.40. The lowest BCUT2D eigenvalue weighted by atomic mass is 10.1. The Bertz CT molecular complexity index is 663. The largest absolute Gasteiger partial charge is 0.368 e. The van der Waals surface area contributed by atoms with Crippen LogP contribution < -0.4 is 0 Å². The molecule has 0 N–H and O–H groups in total. The molecule has 2 saturated heterocycles. The number of carbonyl (C=O) groups is 2. The number of rotatable bonds is 3. The zero-order valence-electron chi connectivity index (χ0n) is 15.4. The summed E-state index contributed by atoms with van der Waals surface area (Å²) in [5.74, 6) is 0.336. The van der Waals surface area contributed by atoms with E-state index in [4.69, 9.17) is 4.74 Å². The molecule has 4 heterocycles. The molecule has 142 valence electrons. The van der Waals surface area contributed by atoms with E-state index >= 15 is 0 Å². The first-order chi connectivity index (χ1) is 12.6. The summed E-state index contributed by atoms with van der Waals surface area (Å²) >= 11 is 1.79. The highest BCUT2D eigenvalue weighted by molar-refractivity contribution is 7.10. The molecule has 2 unspecified atom stereocenters. The van der Waals surface area contributed by atoms with Crippen molar-refractivity contribution in [2.24, 2.45) is 0 Å². The Balaban J connectivity index is 1.30. The number of nitrogens with zero attached hydrogens (tertiary/aromatic N) is 3. The number of amides is 2. The SMILES string of the molecule is CC(C(=O)N1CCc2sccc2C1)N1CCN(C(=O)C2CCCO2)CC1. The first-order valence-electron chi connectivity index (χ1n) is 9.62. The van der Waals surface area contributed by atoms with Gasteiger partial charge in [-0.05, 0) is 43.2 Å². The maximum atomic E-state index is 12.9. The van der Waals surface area contributed by atoms with E-state index in [1.807, 2.05) is 16.7 Å². The zero-order chi connectivity index (χ0) is 18.1. The van der Waals surface area contributed by atoms with E-state index in [-0.39, 0.29) is 24.0 Å².